The van der Waals surface area contributed by atoms with E-state index in [2.05, 4.69) is 10.3 Å². The zero-order valence-electron chi connectivity index (χ0n) is 10.9. The molecule has 6 nitrogen and oxygen atoms in total. The number of nitrogens with one attached hydrogen (secondary N) is 1. The van der Waals surface area contributed by atoms with Gasteiger partial charge in [0.15, 0.2) is 5.96 Å². The Morgan fingerprint density at radius 2 is 2.06 bits per heavy atom. The Morgan fingerprint density at radius 3 is 2.59 bits per heavy atom. The summed E-state index contributed by atoms with van der Waals surface area (Å²) in [5.74, 6) is 0.560. The first-order valence-electron chi connectivity index (χ1n) is 5.91. The van der Waals surface area contributed by atoms with Crippen LogP contribution in [-0.4, -0.2) is 51.1 Å². The van der Waals surface area contributed by atoms with Gasteiger partial charge in [0.1, 0.15) is 0 Å². The van der Waals surface area contributed by atoms with E-state index in [1.165, 1.54) is 4.31 Å². The molecule has 0 fully saturated rings. The van der Waals surface area contributed by atoms with Gasteiger partial charge in [-0.3, -0.25) is 4.99 Å². The number of nitrogens with zero attached hydrogens (tertiary/aromatic N) is 2. The fourth-order valence-electron chi connectivity index (χ4n) is 1.17. The van der Waals surface area contributed by atoms with Gasteiger partial charge in [-0.05, 0) is 19.8 Å². The van der Waals surface area contributed by atoms with Gasteiger partial charge < -0.3 is 11.1 Å². The predicted molar refractivity (Wildman–Crippen MR) is 71.5 cm³/mol. The zero-order chi connectivity index (χ0) is 13.3. The molecule has 0 heterocycles. The lowest BCUT2D eigenvalue weighted by Gasteiger charge is -2.15. The van der Waals surface area contributed by atoms with Gasteiger partial charge in [0, 0.05) is 26.7 Å². The zero-order valence-corrected chi connectivity index (χ0v) is 11.8. The number of sulfonamides is 1. The van der Waals surface area contributed by atoms with Crippen LogP contribution < -0.4 is 11.1 Å². The Kier molecular flexibility index (Phi) is 7.90. The maximum atomic E-state index is 11.4. The van der Waals surface area contributed by atoms with Crippen molar-refractivity contribution in [2.24, 2.45) is 10.7 Å². The summed E-state index contributed by atoms with van der Waals surface area (Å²) in [4.78, 5) is 4.08. The highest BCUT2D eigenvalue weighted by molar-refractivity contribution is 7.89. The summed E-state index contributed by atoms with van der Waals surface area (Å²) in [6, 6.07) is 0. The van der Waals surface area contributed by atoms with Crippen LogP contribution in [0.15, 0.2) is 4.99 Å². The van der Waals surface area contributed by atoms with Gasteiger partial charge in [-0.2, -0.15) is 0 Å². The molecular formula is C10H24N4O2S. The average molecular weight is 264 g/mol. The lowest BCUT2D eigenvalue weighted by atomic mass is 10.4. The third-order valence-corrected chi connectivity index (χ3v) is 4.16. The van der Waals surface area contributed by atoms with E-state index in [0.717, 1.165) is 6.42 Å². The van der Waals surface area contributed by atoms with Gasteiger partial charge in [0.25, 0.3) is 0 Å². The van der Waals surface area contributed by atoms with E-state index in [4.69, 9.17) is 5.73 Å². The third kappa shape index (κ3) is 7.17. The van der Waals surface area contributed by atoms with Crippen molar-refractivity contribution in [1.82, 2.24) is 9.62 Å². The van der Waals surface area contributed by atoms with Crippen molar-refractivity contribution in [1.29, 1.82) is 0 Å². The lowest BCUT2D eigenvalue weighted by Crippen LogP contribution is -2.35. The number of hydrogen-bond donors (Lipinski definition) is 2. The molecular weight excluding hydrogens is 240 g/mol. The molecule has 0 radical (unpaired) electrons. The van der Waals surface area contributed by atoms with E-state index in [1.807, 2.05) is 6.92 Å². The Bertz CT molecular complexity index is 327. The van der Waals surface area contributed by atoms with E-state index in [0.29, 0.717) is 32.0 Å². The molecule has 3 N–H and O–H groups in total. The van der Waals surface area contributed by atoms with E-state index in [1.54, 1.807) is 14.0 Å². The number of aliphatic imine (C=N–C) groups is 1. The molecule has 0 unspecified atom stereocenters. The molecule has 0 aliphatic rings. The van der Waals surface area contributed by atoms with Gasteiger partial charge in [0.2, 0.25) is 10.0 Å². The highest BCUT2D eigenvalue weighted by Crippen LogP contribution is 1.97. The topological polar surface area (TPSA) is 87.8 Å². The number of guanidine groups is 1. The molecule has 0 aromatic heterocycles. The molecule has 102 valence electrons. The molecule has 0 bridgehead atoms. The molecule has 0 rings (SSSR count). The van der Waals surface area contributed by atoms with Crippen LogP contribution in [0, 0.1) is 0 Å². The highest BCUT2D eigenvalue weighted by atomic mass is 32.2. The minimum atomic E-state index is -3.07. The van der Waals surface area contributed by atoms with Crippen molar-refractivity contribution < 1.29 is 8.42 Å². The predicted octanol–water partition coefficient (Wildman–Crippen LogP) is -0.0277. The van der Waals surface area contributed by atoms with Crippen LogP contribution in [0.4, 0.5) is 0 Å². The lowest BCUT2D eigenvalue weighted by molar-refractivity contribution is 0.461. The maximum Gasteiger partial charge on any atom is 0.213 e. The monoisotopic (exact) mass is 264 g/mol. The van der Waals surface area contributed by atoms with Crippen molar-refractivity contribution in [2.75, 3.05) is 32.4 Å². The van der Waals surface area contributed by atoms with Crippen LogP contribution >= 0.6 is 0 Å². The fourth-order valence-corrected chi connectivity index (χ4v) is 2.01. The second-order valence-electron chi connectivity index (χ2n) is 3.77. The first-order valence-corrected chi connectivity index (χ1v) is 7.52. The molecule has 0 saturated heterocycles. The summed E-state index contributed by atoms with van der Waals surface area (Å²) in [5, 5.41) is 2.95. The van der Waals surface area contributed by atoms with Crippen LogP contribution in [0.3, 0.4) is 0 Å². The summed E-state index contributed by atoms with van der Waals surface area (Å²) in [6.07, 6.45) is 1.66. The molecule has 0 aromatic carbocycles. The van der Waals surface area contributed by atoms with Crippen LogP contribution in [0.25, 0.3) is 0 Å². The normalized spacial score (nSPS) is 13.1. The van der Waals surface area contributed by atoms with Gasteiger partial charge in [-0.15, -0.1) is 0 Å². The first kappa shape index (κ1) is 16.2. The summed E-state index contributed by atoms with van der Waals surface area (Å²) in [5.41, 5.74) is 5.60. The Labute approximate surface area is 104 Å². The molecule has 7 heteroatoms. The largest absolute Gasteiger partial charge is 0.370 e. The molecule has 0 saturated carbocycles. The van der Waals surface area contributed by atoms with Crippen molar-refractivity contribution in [3.63, 3.8) is 0 Å². The smallest absolute Gasteiger partial charge is 0.213 e. The third-order valence-electron chi connectivity index (χ3n) is 2.30. The van der Waals surface area contributed by atoms with Crippen LogP contribution in [0.2, 0.25) is 0 Å². The van der Waals surface area contributed by atoms with E-state index in [9.17, 15) is 8.42 Å². The standard InChI is InChI=1S/C10H24N4O2S/c1-4-7-12-10(11)13-8-6-9-14(3)17(15,16)5-2/h4-9H2,1-3H3,(H3,11,12,13). The average Bonchev–Trinajstić information content (AvgIpc) is 2.31. The minimum Gasteiger partial charge on any atom is -0.370 e. The van der Waals surface area contributed by atoms with E-state index in [-0.39, 0.29) is 5.75 Å². The molecule has 0 aliphatic heterocycles. The molecule has 17 heavy (non-hydrogen) atoms. The first-order chi connectivity index (χ1) is 7.94. The number of hydrogen-bond acceptors (Lipinski definition) is 3. The Morgan fingerprint density at radius 1 is 1.41 bits per heavy atom. The van der Waals surface area contributed by atoms with Crippen molar-refractivity contribution in [3.8, 4) is 0 Å². The second-order valence-corrected chi connectivity index (χ2v) is 6.13. The van der Waals surface area contributed by atoms with Crippen molar-refractivity contribution in [3.05, 3.63) is 0 Å². The Balaban J connectivity index is 3.79. The summed E-state index contributed by atoms with van der Waals surface area (Å²) in [6.45, 7) is 5.50. The fraction of sp³-hybridized carbons (Fsp3) is 0.900. The van der Waals surface area contributed by atoms with Crippen LogP contribution in [0.5, 0.6) is 0 Å². The van der Waals surface area contributed by atoms with Crippen molar-refractivity contribution >= 4 is 16.0 Å². The van der Waals surface area contributed by atoms with Gasteiger partial charge in [-0.1, -0.05) is 6.92 Å². The molecule has 0 amide bonds. The van der Waals surface area contributed by atoms with Crippen LogP contribution in [-0.2, 0) is 10.0 Å². The summed E-state index contributed by atoms with van der Waals surface area (Å²) in [7, 11) is -1.48. The van der Waals surface area contributed by atoms with E-state index >= 15 is 0 Å². The minimum absolute atomic E-state index is 0.136. The molecule has 0 atom stereocenters. The van der Waals surface area contributed by atoms with Gasteiger partial charge in [0.05, 0.1) is 5.75 Å². The highest BCUT2D eigenvalue weighted by Gasteiger charge is 2.13. The number of nitrogens with two attached hydrogens (primary N) is 1. The van der Waals surface area contributed by atoms with Crippen molar-refractivity contribution in [2.45, 2.75) is 26.7 Å². The van der Waals surface area contributed by atoms with Gasteiger partial charge in [-0.25, -0.2) is 12.7 Å². The quantitative estimate of drug-likeness (QED) is 0.366. The molecule has 0 aromatic rings. The SMILES string of the molecule is CCCN=C(N)NCCCN(C)S(=O)(=O)CC. The molecule has 0 aliphatic carbocycles. The van der Waals surface area contributed by atoms with Crippen LogP contribution in [0.1, 0.15) is 26.7 Å². The Hall–Kier alpha value is -0.820. The molecule has 0 spiro atoms. The maximum absolute atomic E-state index is 11.4. The van der Waals surface area contributed by atoms with Gasteiger partial charge >= 0.3 is 0 Å². The second kappa shape index (κ2) is 8.30. The number of rotatable bonds is 8. The summed E-state index contributed by atoms with van der Waals surface area (Å²) < 4.78 is 24.2. The summed E-state index contributed by atoms with van der Waals surface area (Å²) >= 11 is 0. The van der Waals surface area contributed by atoms with E-state index < -0.39 is 10.0 Å².